The van der Waals surface area contributed by atoms with E-state index in [0.717, 1.165) is 21.9 Å². The molecule has 0 atom stereocenters. The molecule has 0 fully saturated rings. The van der Waals surface area contributed by atoms with Gasteiger partial charge in [0.05, 0.1) is 18.0 Å². The van der Waals surface area contributed by atoms with Crippen LogP contribution in [0.5, 0.6) is 0 Å². The minimum absolute atomic E-state index is 0.104. The molecule has 28 heavy (non-hydrogen) atoms. The van der Waals surface area contributed by atoms with Crippen molar-refractivity contribution in [3.05, 3.63) is 58.1 Å². The molecule has 0 saturated heterocycles. The molecule has 0 spiro atoms. The maximum Gasteiger partial charge on any atom is 0.292 e. The Labute approximate surface area is 168 Å². The summed E-state index contributed by atoms with van der Waals surface area (Å²) in [4.78, 5) is 15.3. The van der Waals surface area contributed by atoms with E-state index < -0.39 is 4.92 Å². The molecule has 8 nitrogen and oxygen atoms in total. The van der Waals surface area contributed by atoms with Crippen LogP contribution in [0.4, 0.5) is 11.4 Å². The van der Waals surface area contributed by atoms with E-state index in [1.54, 1.807) is 26.4 Å². The number of nitrogens with zero attached hydrogens (tertiary/aromatic N) is 2. The minimum atomic E-state index is -0.475. The minimum Gasteiger partial charge on any atom is -0.393 e. The van der Waals surface area contributed by atoms with E-state index in [0.29, 0.717) is 13.1 Å². The third kappa shape index (κ3) is 5.69. The largest absolute Gasteiger partial charge is 0.393 e. The number of nitrogens with one attached hydrogen (secondary N) is 1. The van der Waals surface area contributed by atoms with Gasteiger partial charge in [-0.05, 0) is 29.0 Å². The number of thioether (sulfide) groups is 1. The van der Waals surface area contributed by atoms with Crippen molar-refractivity contribution < 1.29 is 14.4 Å². The lowest BCUT2D eigenvalue weighted by Crippen LogP contribution is -2.32. The highest BCUT2D eigenvalue weighted by Crippen LogP contribution is 2.31. The molecule has 9 heteroatoms. The third-order valence-corrected chi connectivity index (χ3v) is 4.75. The standard InChI is InChI=1S/C19H24N4O4S/c1-26-18(27-2)12-22-19(28-3)21-11-14-6-4-5-7-15(14)13-8-9-16(20)17(10-13)23(24)25/h4-10,18H,11-12,20H2,1-3H3,(H,21,22). The molecule has 2 rings (SSSR count). The Kier molecular flexibility index (Phi) is 8.24. The first-order valence-electron chi connectivity index (χ1n) is 8.50. The number of nitro groups is 1. The maximum atomic E-state index is 11.2. The molecule has 150 valence electrons. The van der Waals surface area contributed by atoms with E-state index in [9.17, 15) is 10.1 Å². The summed E-state index contributed by atoms with van der Waals surface area (Å²) in [7, 11) is 3.15. The number of methoxy groups -OCH3 is 2. The van der Waals surface area contributed by atoms with Crippen molar-refractivity contribution in [2.75, 3.05) is 32.8 Å². The summed E-state index contributed by atoms with van der Waals surface area (Å²) in [5.41, 5.74) is 8.30. The van der Waals surface area contributed by atoms with Gasteiger partial charge in [0.15, 0.2) is 11.5 Å². The molecule has 0 aliphatic carbocycles. The van der Waals surface area contributed by atoms with Crippen LogP contribution in [-0.2, 0) is 16.0 Å². The van der Waals surface area contributed by atoms with Crippen molar-refractivity contribution in [2.24, 2.45) is 4.99 Å². The fourth-order valence-electron chi connectivity index (χ4n) is 2.59. The van der Waals surface area contributed by atoms with Crippen molar-refractivity contribution in [1.29, 1.82) is 0 Å². The van der Waals surface area contributed by atoms with Gasteiger partial charge >= 0.3 is 0 Å². The number of rotatable bonds is 8. The Bertz CT molecular complexity index is 840. The summed E-state index contributed by atoms with van der Waals surface area (Å²) < 4.78 is 10.3. The Balaban J connectivity index is 2.24. The summed E-state index contributed by atoms with van der Waals surface area (Å²) >= 11 is 1.48. The second-order valence-corrected chi connectivity index (χ2v) is 6.59. The van der Waals surface area contributed by atoms with Gasteiger partial charge in [-0.3, -0.25) is 15.1 Å². The smallest absolute Gasteiger partial charge is 0.292 e. The molecule has 2 aromatic carbocycles. The summed E-state index contributed by atoms with van der Waals surface area (Å²) in [5, 5.41) is 15.1. The number of hydrogen-bond donors (Lipinski definition) is 2. The van der Waals surface area contributed by atoms with Crippen LogP contribution in [0.1, 0.15) is 5.56 Å². The van der Waals surface area contributed by atoms with E-state index in [4.69, 9.17) is 15.2 Å². The van der Waals surface area contributed by atoms with Crippen LogP contribution in [0.3, 0.4) is 0 Å². The number of aliphatic imine (C=N–C) groups is 1. The second-order valence-electron chi connectivity index (χ2n) is 5.80. The van der Waals surface area contributed by atoms with Gasteiger partial charge in [0, 0.05) is 20.3 Å². The number of anilines is 1. The zero-order valence-corrected chi connectivity index (χ0v) is 16.9. The van der Waals surface area contributed by atoms with Crippen molar-refractivity contribution in [3.8, 4) is 11.1 Å². The lowest BCUT2D eigenvalue weighted by molar-refractivity contribution is -0.383. The van der Waals surface area contributed by atoms with Crippen molar-refractivity contribution in [1.82, 2.24) is 5.32 Å². The zero-order valence-electron chi connectivity index (χ0n) is 16.0. The summed E-state index contributed by atoms with van der Waals surface area (Å²) in [6, 6.07) is 12.5. The van der Waals surface area contributed by atoms with Crippen molar-refractivity contribution in [2.45, 2.75) is 12.8 Å². The highest BCUT2D eigenvalue weighted by atomic mass is 32.2. The van der Waals surface area contributed by atoms with E-state index >= 15 is 0 Å². The molecule has 3 N–H and O–H groups in total. The molecular formula is C19H24N4O4S. The average Bonchev–Trinajstić information content (AvgIpc) is 2.71. The number of nitrogens with two attached hydrogens (primary N) is 1. The molecule has 0 unspecified atom stereocenters. The molecule has 0 aliphatic rings. The third-order valence-electron chi connectivity index (χ3n) is 4.09. The maximum absolute atomic E-state index is 11.2. The Morgan fingerprint density at radius 3 is 2.64 bits per heavy atom. The molecular weight excluding hydrogens is 380 g/mol. The molecule has 0 saturated carbocycles. The number of nitrogen functional groups attached to an aromatic ring is 1. The molecule has 0 aliphatic heterocycles. The zero-order chi connectivity index (χ0) is 20.5. The summed E-state index contributed by atoms with van der Waals surface area (Å²) in [6.07, 6.45) is 1.57. The van der Waals surface area contributed by atoms with E-state index in [1.165, 1.54) is 17.8 Å². The topological polar surface area (TPSA) is 112 Å². The van der Waals surface area contributed by atoms with Gasteiger partial charge in [0.1, 0.15) is 5.69 Å². The lowest BCUT2D eigenvalue weighted by atomic mass is 9.99. The predicted molar refractivity (Wildman–Crippen MR) is 113 cm³/mol. The molecule has 0 aromatic heterocycles. The van der Waals surface area contributed by atoms with Gasteiger partial charge in [-0.2, -0.15) is 0 Å². The Morgan fingerprint density at radius 1 is 1.29 bits per heavy atom. The number of hydrogen-bond acceptors (Lipinski definition) is 7. The van der Waals surface area contributed by atoms with Crippen LogP contribution in [0, 0.1) is 10.1 Å². The average molecular weight is 404 g/mol. The Hall–Kier alpha value is -2.62. The fraction of sp³-hybridized carbons (Fsp3) is 0.316. The van der Waals surface area contributed by atoms with Crippen LogP contribution in [0.2, 0.25) is 0 Å². The predicted octanol–water partition coefficient (Wildman–Crippen LogP) is 3.27. The first kappa shape index (κ1) is 21.7. The molecule has 0 heterocycles. The molecule has 0 amide bonds. The van der Waals surface area contributed by atoms with Gasteiger partial charge in [-0.25, -0.2) is 0 Å². The van der Waals surface area contributed by atoms with Gasteiger partial charge in [0.25, 0.3) is 5.69 Å². The van der Waals surface area contributed by atoms with E-state index in [2.05, 4.69) is 10.3 Å². The van der Waals surface area contributed by atoms with Crippen molar-refractivity contribution >= 4 is 28.3 Å². The van der Waals surface area contributed by atoms with Gasteiger partial charge < -0.3 is 20.5 Å². The Morgan fingerprint density at radius 2 is 2.00 bits per heavy atom. The first-order valence-corrected chi connectivity index (χ1v) is 9.72. The number of nitro benzene ring substituents is 1. The van der Waals surface area contributed by atoms with Crippen LogP contribution in [0.15, 0.2) is 47.5 Å². The van der Waals surface area contributed by atoms with Crippen LogP contribution in [0.25, 0.3) is 11.1 Å². The first-order chi connectivity index (χ1) is 13.5. The van der Waals surface area contributed by atoms with E-state index in [1.807, 2.05) is 30.5 Å². The van der Waals surface area contributed by atoms with Crippen molar-refractivity contribution in [3.63, 3.8) is 0 Å². The van der Waals surface area contributed by atoms with Gasteiger partial charge in [-0.15, -0.1) is 0 Å². The van der Waals surface area contributed by atoms with Gasteiger partial charge in [-0.1, -0.05) is 42.1 Å². The number of benzene rings is 2. The second kappa shape index (κ2) is 10.6. The molecule has 0 radical (unpaired) electrons. The van der Waals surface area contributed by atoms with Gasteiger partial charge in [0.2, 0.25) is 0 Å². The summed E-state index contributed by atoms with van der Waals surface area (Å²) in [5.74, 6) is 0. The van der Waals surface area contributed by atoms with Crippen LogP contribution < -0.4 is 11.1 Å². The highest BCUT2D eigenvalue weighted by Gasteiger charge is 2.14. The van der Waals surface area contributed by atoms with Crippen LogP contribution in [-0.4, -0.2) is 43.4 Å². The summed E-state index contributed by atoms with van der Waals surface area (Å²) in [6.45, 7) is 0.890. The monoisotopic (exact) mass is 404 g/mol. The van der Waals surface area contributed by atoms with E-state index in [-0.39, 0.29) is 17.7 Å². The normalized spacial score (nSPS) is 11.6. The van der Waals surface area contributed by atoms with Crippen LogP contribution >= 0.6 is 11.8 Å². The molecule has 2 aromatic rings. The number of ether oxygens (including phenoxy) is 2. The SMILES string of the molecule is COC(CNC(=NCc1ccccc1-c1ccc(N)c([N+](=O)[O-])c1)SC)OC. The molecule has 0 bridgehead atoms. The fourth-order valence-corrected chi connectivity index (χ4v) is 3.01. The number of amidine groups is 1. The highest BCUT2D eigenvalue weighted by molar-refractivity contribution is 8.13. The quantitative estimate of drug-likeness (QED) is 0.173. The lowest BCUT2D eigenvalue weighted by Gasteiger charge is -2.15.